The molecular weight excluding hydrogens is 292 g/mol. The Balaban J connectivity index is 1.73. The first kappa shape index (κ1) is 14.3. The van der Waals surface area contributed by atoms with Crippen molar-refractivity contribution >= 4 is 10.0 Å². The summed E-state index contributed by atoms with van der Waals surface area (Å²) in [7, 11) is -3.20. The third-order valence-corrected chi connectivity index (χ3v) is 4.18. The lowest BCUT2D eigenvalue weighted by Gasteiger charge is -2.33. The van der Waals surface area contributed by atoms with Crippen LogP contribution in [0.2, 0.25) is 0 Å². The van der Waals surface area contributed by atoms with Crippen molar-refractivity contribution in [3.63, 3.8) is 0 Å². The van der Waals surface area contributed by atoms with Crippen molar-refractivity contribution in [1.82, 2.24) is 19.4 Å². The van der Waals surface area contributed by atoms with E-state index in [-0.39, 0.29) is 6.04 Å². The number of hydrogen-bond acceptors (Lipinski definition) is 5. The Bertz CT molecular complexity index is 693. The van der Waals surface area contributed by atoms with Crippen molar-refractivity contribution in [1.29, 1.82) is 0 Å². The molecular formula is C13H18N4O3S. The predicted molar refractivity (Wildman–Crippen MR) is 76.9 cm³/mol. The minimum atomic E-state index is -3.20. The van der Waals surface area contributed by atoms with E-state index in [1.165, 1.54) is 6.26 Å². The van der Waals surface area contributed by atoms with Crippen LogP contribution in [-0.2, 0) is 23.1 Å². The van der Waals surface area contributed by atoms with Crippen LogP contribution in [0.4, 0.5) is 0 Å². The van der Waals surface area contributed by atoms with Gasteiger partial charge >= 0.3 is 0 Å². The summed E-state index contributed by atoms with van der Waals surface area (Å²) in [6.07, 6.45) is 4.58. The van der Waals surface area contributed by atoms with Crippen LogP contribution >= 0.6 is 0 Å². The Morgan fingerprint density at radius 3 is 3.05 bits per heavy atom. The van der Waals surface area contributed by atoms with Gasteiger partial charge in [-0.05, 0) is 18.2 Å². The molecule has 114 valence electrons. The van der Waals surface area contributed by atoms with E-state index >= 15 is 0 Å². The Hall–Kier alpha value is -1.64. The van der Waals surface area contributed by atoms with Gasteiger partial charge in [-0.25, -0.2) is 13.1 Å². The lowest BCUT2D eigenvalue weighted by atomic mass is 10.2. The summed E-state index contributed by atoms with van der Waals surface area (Å²) < 4.78 is 32.4. The first-order chi connectivity index (χ1) is 10.0. The average Bonchev–Trinajstić information content (AvgIpc) is 3.05. The van der Waals surface area contributed by atoms with E-state index < -0.39 is 10.0 Å². The van der Waals surface area contributed by atoms with Gasteiger partial charge in [-0.2, -0.15) is 5.10 Å². The molecule has 1 atom stereocenters. The maximum absolute atomic E-state index is 11.3. The first-order valence-electron chi connectivity index (χ1n) is 6.73. The standard InChI is InChI=1S/C13H18N4O3S/c1-21(18,19)15-7-12-9-16(10-13-3-2-6-20-13)8-11-4-5-14-17(11)12/h2-6,12,15H,7-10H2,1H3. The van der Waals surface area contributed by atoms with Gasteiger partial charge in [0.2, 0.25) is 10.0 Å². The number of sulfonamides is 1. The fourth-order valence-electron chi connectivity index (χ4n) is 2.61. The van der Waals surface area contributed by atoms with Crippen LogP contribution in [-0.4, -0.2) is 42.4 Å². The SMILES string of the molecule is CS(=O)(=O)NCC1CN(Cc2ccco2)Cc2ccnn21. The Morgan fingerprint density at radius 2 is 2.33 bits per heavy atom. The second kappa shape index (κ2) is 5.63. The summed E-state index contributed by atoms with van der Waals surface area (Å²) >= 11 is 0. The van der Waals surface area contributed by atoms with E-state index in [2.05, 4.69) is 14.7 Å². The summed E-state index contributed by atoms with van der Waals surface area (Å²) in [4.78, 5) is 2.23. The zero-order valence-electron chi connectivity index (χ0n) is 11.8. The molecule has 0 saturated heterocycles. The summed E-state index contributed by atoms with van der Waals surface area (Å²) in [6, 6.07) is 5.75. The maximum atomic E-state index is 11.3. The van der Waals surface area contributed by atoms with Crippen LogP contribution in [0, 0.1) is 0 Å². The quantitative estimate of drug-likeness (QED) is 0.874. The zero-order valence-corrected chi connectivity index (χ0v) is 12.6. The van der Waals surface area contributed by atoms with Crippen molar-refractivity contribution in [2.45, 2.75) is 19.1 Å². The lowest BCUT2D eigenvalue weighted by Crippen LogP contribution is -2.42. The molecule has 8 heteroatoms. The van der Waals surface area contributed by atoms with Gasteiger partial charge in [0.15, 0.2) is 0 Å². The van der Waals surface area contributed by atoms with Crippen LogP contribution in [0.15, 0.2) is 35.1 Å². The van der Waals surface area contributed by atoms with E-state index in [4.69, 9.17) is 4.42 Å². The highest BCUT2D eigenvalue weighted by molar-refractivity contribution is 7.88. The summed E-state index contributed by atoms with van der Waals surface area (Å²) in [5.41, 5.74) is 1.08. The lowest BCUT2D eigenvalue weighted by molar-refractivity contribution is 0.157. The zero-order chi connectivity index (χ0) is 14.9. The molecule has 0 amide bonds. The van der Waals surface area contributed by atoms with Gasteiger partial charge in [0.25, 0.3) is 0 Å². The van der Waals surface area contributed by atoms with Crippen LogP contribution in [0.1, 0.15) is 17.5 Å². The normalized spacial score (nSPS) is 19.6. The molecule has 0 spiro atoms. The molecule has 0 bridgehead atoms. The van der Waals surface area contributed by atoms with Crippen molar-refractivity contribution < 1.29 is 12.8 Å². The highest BCUT2D eigenvalue weighted by Gasteiger charge is 2.26. The fraction of sp³-hybridized carbons (Fsp3) is 0.462. The molecule has 1 unspecified atom stereocenters. The van der Waals surface area contributed by atoms with Crippen LogP contribution in [0.5, 0.6) is 0 Å². The maximum Gasteiger partial charge on any atom is 0.208 e. The fourth-order valence-corrected chi connectivity index (χ4v) is 3.10. The molecule has 0 radical (unpaired) electrons. The molecule has 0 aliphatic carbocycles. The molecule has 2 aromatic rings. The largest absolute Gasteiger partial charge is 0.468 e. The molecule has 1 aliphatic rings. The van der Waals surface area contributed by atoms with Gasteiger partial charge in [0.1, 0.15) is 5.76 Å². The van der Waals surface area contributed by atoms with Crippen LogP contribution < -0.4 is 4.72 Å². The highest BCUT2D eigenvalue weighted by atomic mass is 32.2. The van der Waals surface area contributed by atoms with Crippen molar-refractivity contribution in [3.05, 3.63) is 42.1 Å². The number of furan rings is 1. The summed E-state index contributed by atoms with van der Waals surface area (Å²) in [5.74, 6) is 0.901. The summed E-state index contributed by atoms with van der Waals surface area (Å²) in [6.45, 7) is 2.53. The molecule has 1 N–H and O–H groups in total. The topological polar surface area (TPSA) is 80.4 Å². The average molecular weight is 310 g/mol. The van der Waals surface area contributed by atoms with E-state index in [1.54, 1.807) is 12.5 Å². The van der Waals surface area contributed by atoms with Crippen LogP contribution in [0.25, 0.3) is 0 Å². The Labute approximate surface area is 123 Å². The monoisotopic (exact) mass is 310 g/mol. The highest BCUT2D eigenvalue weighted by Crippen LogP contribution is 2.21. The first-order valence-corrected chi connectivity index (χ1v) is 8.62. The minimum Gasteiger partial charge on any atom is -0.468 e. The van der Waals surface area contributed by atoms with Crippen molar-refractivity contribution in [2.24, 2.45) is 0 Å². The molecule has 0 aromatic carbocycles. The number of aromatic nitrogens is 2. The van der Waals surface area contributed by atoms with Gasteiger partial charge in [0.05, 0.1) is 30.8 Å². The molecule has 3 heterocycles. The molecule has 2 aromatic heterocycles. The van der Waals surface area contributed by atoms with Gasteiger partial charge < -0.3 is 4.42 Å². The molecule has 21 heavy (non-hydrogen) atoms. The minimum absolute atomic E-state index is 0.0200. The van der Waals surface area contributed by atoms with E-state index in [0.717, 1.165) is 24.5 Å². The van der Waals surface area contributed by atoms with Crippen molar-refractivity contribution in [3.8, 4) is 0 Å². The van der Waals surface area contributed by atoms with E-state index in [0.29, 0.717) is 13.1 Å². The van der Waals surface area contributed by atoms with Gasteiger partial charge in [-0.3, -0.25) is 9.58 Å². The number of hydrogen-bond donors (Lipinski definition) is 1. The van der Waals surface area contributed by atoms with Gasteiger partial charge in [0, 0.05) is 25.8 Å². The summed E-state index contributed by atoms with van der Waals surface area (Å²) in [5, 5.41) is 4.30. The molecule has 7 nitrogen and oxygen atoms in total. The second-order valence-corrected chi connectivity index (χ2v) is 7.12. The third kappa shape index (κ3) is 3.52. The number of rotatable bonds is 5. The van der Waals surface area contributed by atoms with Gasteiger partial charge in [-0.15, -0.1) is 0 Å². The van der Waals surface area contributed by atoms with E-state index in [9.17, 15) is 8.42 Å². The molecule has 3 rings (SSSR count). The second-order valence-electron chi connectivity index (χ2n) is 5.29. The number of fused-ring (bicyclic) bond motifs is 1. The van der Waals surface area contributed by atoms with Gasteiger partial charge in [-0.1, -0.05) is 0 Å². The predicted octanol–water partition coefficient (Wildman–Crippen LogP) is 0.582. The number of nitrogens with zero attached hydrogens (tertiary/aromatic N) is 3. The Morgan fingerprint density at radius 1 is 1.48 bits per heavy atom. The molecule has 0 fully saturated rings. The third-order valence-electron chi connectivity index (χ3n) is 3.49. The molecule has 0 saturated carbocycles. The molecule has 1 aliphatic heterocycles. The number of nitrogens with one attached hydrogen (secondary N) is 1. The van der Waals surface area contributed by atoms with E-state index in [1.807, 2.05) is 22.9 Å². The van der Waals surface area contributed by atoms with Crippen molar-refractivity contribution in [2.75, 3.05) is 19.3 Å². The smallest absolute Gasteiger partial charge is 0.208 e. The Kier molecular flexibility index (Phi) is 3.83. The van der Waals surface area contributed by atoms with Crippen LogP contribution in [0.3, 0.4) is 0 Å².